The van der Waals surface area contributed by atoms with Gasteiger partial charge in [0.05, 0.1) is 6.04 Å². The SMILES string of the molecule is CC(Cc1ccccc1)NC(=O)C1CSCN1. The molecule has 0 spiro atoms. The van der Waals surface area contributed by atoms with Gasteiger partial charge < -0.3 is 5.32 Å². The molecule has 0 radical (unpaired) electrons. The maximum Gasteiger partial charge on any atom is 0.238 e. The molecular formula is C13H18N2OS. The number of thioether (sulfide) groups is 1. The van der Waals surface area contributed by atoms with Crippen LogP contribution < -0.4 is 10.6 Å². The standard InChI is InChI=1S/C13H18N2OS/c1-10(7-11-5-3-2-4-6-11)15-13(16)12-8-17-9-14-12/h2-6,10,12,14H,7-9H2,1H3,(H,15,16). The molecule has 1 aliphatic rings. The van der Waals surface area contributed by atoms with E-state index in [0.29, 0.717) is 0 Å². The second kappa shape index (κ2) is 6.07. The Morgan fingerprint density at radius 2 is 2.29 bits per heavy atom. The van der Waals surface area contributed by atoms with Crippen LogP contribution in [0.3, 0.4) is 0 Å². The van der Waals surface area contributed by atoms with Crippen molar-refractivity contribution < 1.29 is 4.79 Å². The van der Waals surface area contributed by atoms with E-state index in [-0.39, 0.29) is 18.0 Å². The lowest BCUT2D eigenvalue weighted by atomic mass is 10.1. The summed E-state index contributed by atoms with van der Waals surface area (Å²) in [6, 6.07) is 10.4. The van der Waals surface area contributed by atoms with Crippen LogP contribution in [0, 0.1) is 0 Å². The van der Waals surface area contributed by atoms with Gasteiger partial charge in [-0.15, -0.1) is 11.8 Å². The Balaban J connectivity index is 1.80. The lowest BCUT2D eigenvalue weighted by Crippen LogP contribution is -2.46. The van der Waals surface area contributed by atoms with Gasteiger partial charge in [0.25, 0.3) is 0 Å². The number of rotatable bonds is 4. The molecule has 1 fully saturated rings. The first-order valence-corrected chi connectivity index (χ1v) is 7.06. The van der Waals surface area contributed by atoms with Crippen molar-refractivity contribution in [3.63, 3.8) is 0 Å². The highest BCUT2D eigenvalue weighted by Gasteiger charge is 2.23. The summed E-state index contributed by atoms with van der Waals surface area (Å²) in [7, 11) is 0. The molecule has 1 saturated heterocycles. The second-order valence-electron chi connectivity index (χ2n) is 4.37. The topological polar surface area (TPSA) is 41.1 Å². The zero-order chi connectivity index (χ0) is 12.1. The maximum absolute atomic E-state index is 11.9. The Morgan fingerprint density at radius 3 is 2.94 bits per heavy atom. The van der Waals surface area contributed by atoms with Crippen molar-refractivity contribution >= 4 is 17.7 Å². The van der Waals surface area contributed by atoms with Crippen molar-refractivity contribution in [3.05, 3.63) is 35.9 Å². The van der Waals surface area contributed by atoms with E-state index >= 15 is 0 Å². The van der Waals surface area contributed by atoms with Crippen LogP contribution in [0.25, 0.3) is 0 Å². The van der Waals surface area contributed by atoms with Crippen LogP contribution in [0.2, 0.25) is 0 Å². The summed E-state index contributed by atoms with van der Waals surface area (Å²) in [5, 5.41) is 6.23. The average molecular weight is 250 g/mol. The lowest BCUT2D eigenvalue weighted by Gasteiger charge is -2.17. The number of carbonyl (C=O) groups excluding carboxylic acids is 1. The molecule has 3 nitrogen and oxygen atoms in total. The van der Waals surface area contributed by atoms with Crippen molar-refractivity contribution in [2.75, 3.05) is 11.6 Å². The van der Waals surface area contributed by atoms with Gasteiger partial charge in [-0.3, -0.25) is 10.1 Å². The van der Waals surface area contributed by atoms with Gasteiger partial charge in [-0.1, -0.05) is 30.3 Å². The fourth-order valence-electron chi connectivity index (χ4n) is 1.93. The number of carbonyl (C=O) groups is 1. The number of benzene rings is 1. The van der Waals surface area contributed by atoms with Crippen molar-refractivity contribution in [3.8, 4) is 0 Å². The molecule has 0 saturated carbocycles. The zero-order valence-electron chi connectivity index (χ0n) is 9.98. The van der Waals surface area contributed by atoms with Crippen LogP contribution in [0.4, 0.5) is 0 Å². The smallest absolute Gasteiger partial charge is 0.238 e. The first-order chi connectivity index (χ1) is 8.25. The molecule has 1 amide bonds. The van der Waals surface area contributed by atoms with Gasteiger partial charge in [0.2, 0.25) is 5.91 Å². The molecule has 0 aliphatic carbocycles. The van der Waals surface area contributed by atoms with E-state index in [4.69, 9.17) is 0 Å². The molecule has 2 N–H and O–H groups in total. The van der Waals surface area contributed by atoms with Crippen LogP contribution >= 0.6 is 11.8 Å². The minimum Gasteiger partial charge on any atom is -0.352 e. The molecular weight excluding hydrogens is 232 g/mol. The normalized spacial score (nSPS) is 21.1. The minimum absolute atomic E-state index is 0.0155. The maximum atomic E-state index is 11.9. The van der Waals surface area contributed by atoms with Gasteiger partial charge in [-0.25, -0.2) is 0 Å². The number of hydrogen-bond donors (Lipinski definition) is 2. The quantitative estimate of drug-likeness (QED) is 0.848. The predicted octanol–water partition coefficient (Wildman–Crippen LogP) is 1.40. The van der Waals surface area contributed by atoms with Gasteiger partial charge in [0.1, 0.15) is 0 Å². The van der Waals surface area contributed by atoms with Gasteiger partial charge in [-0.05, 0) is 18.9 Å². The number of amides is 1. The monoisotopic (exact) mass is 250 g/mol. The molecule has 1 heterocycles. The Morgan fingerprint density at radius 1 is 1.53 bits per heavy atom. The number of nitrogens with one attached hydrogen (secondary N) is 2. The van der Waals surface area contributed by atoms with E-state index < -0.39 is 0 Å². The lowest BCUT2D eigenvalue weighted by molar-refractivity contribution is -0.123. The van der Waals surface area contributed by atoms with Crippen molar-refractivity contribution in [1.82, 2.24) is 10.6 Å². The second-order valence-corrected chi connectivity index (χ2v) is 5.40. The van der Waals surface area contributed by atoms with Gasteiger partial charge in [0, 0.05) is 17.7 Å². The summed E-state index contributed by atoms with van der Waals surface area (Å²) in [5.74, 6) is 1.88. The fraction of sp³-hybridized carbons (Fsp3) is 0.462. The van der Waals surface area contributed by atoms with E-state index in [9.17, 15) is 4.79 Å². The third-order valence-electron chi connectivity index (χ3n) is 2.81. The van der Waals surface area contributed by atoms with Crippen molar-refractivity contribution in [1.29, 1.82) is 0 Å². The van der Waals surface area contributed by atoms with Crippen LogP contribution in [-0.4, -0.2) is 29.6 Å². The van der Waals surface area contributed by atoms with Crippen LogP contribution in [-0.2, 0) is 11.2 Å². The van der Waals surface area contributed by atoms with Crippen LogP contribution in [0.15, 0.2) is 30.3 Å². The van der Waals surface area contributed by atoms with Gasteiger partial charge >= 0.3 is 0 Å². The van der Waals surface area contributed by atoms with E-state index in [1.807, 2.05) is 25.1 Å². The fourth-order valence-corrected chi connectivity index (χ4v) is 2.87. The Kier molecular flexibility index (Phi) is 4.45. The molecule has 92 valence electrons. The largest absolute Gasteiger partial charge is 0.352 e. The molecule has 0 aromatic heterocycles. The predicted molar refractivity (Wildman–Crippen MR) is 72.0 cm³/mol. The van der Waals surface area contributed by atoms with Gasteiger partial charge in [0.15, 0.2) is 0 Å². The Labute approximate surface area is 106 Å². The summed E-state index contributed by atoms with van der Waals surface area (Å²) in [4.78, 5) is 11.9. The molecule has 1 aliphatic heterocycles. The highest BCUT2D eigenvalue weighted by molar-refractivity contribution is 7.99. The summed E-state index contributed by atoms with van der Waals surface area (Å²) < 4.78 is 0. The van der Waals surface area contributed by atoms with E-state index in [0.717, 1.165) is 18.1 Å². The molecule has 1 aromatic carbocycles. The van der Waals surface area contributed by atoms with Crippen LogP contribution in [0.5, 0.6) is 0 Å². The van der Waals surface area contributed by atoms with E-state index in [2.05, 4.69) is 22.8 Å². The molecule has 0 bridgehead atoms. The average Bonchev–Trinajstić information content (AvgIpc) is 2.83. The summed E-state index contributed by atoms with van der Waals surface area (Å²) in [6.45, 7) is 2.05. The Bertz CT molecular complexity index is 363. The minimum atomic E-state index is -0.0155. The van der Waals surface area contributed by atoms with E-state index in [1.54, 1.807) is 11.8 Å². The highest BCUT2D eigenvalue weighted by Crippen LogP contribution is 2.10. The van der Waals surface area contributed by atoms with E-state index in [1.165, 1.54) is 5.56 Å². The molecule has 17 heavy (non-hydrogen) atoms. The molecule has 2 atom stereocenters. The van der Waals surface area contributed by atoms with Crippen molar-refractivity contribution in [2.45, 2.75) is 25.4 Å². The third-order valence-corrected chi connectivity index (χ3v) is 3.75. The first-order valence-electron chi connectivity index (χ1n) is 5.91. The molecule has 4 heteroatoms. The third kappa shape index (κ3) is 3.75. The molecule has 2 rings (SSSR count). The van der Waals surface area contributed by atoms with Crippen molar-refractivity contribution in [2.24, 2.45) is 0 Å². The highest BCUT2D eigenvalue weighted by atomic mass is 32.2. The molecule has 2 unspecified atom stereocenters. The zero-order valence-corrected chi connectivity index (χ0v) is 10.8. The summed E-state index contributed by atoms with van der Waals surface area (Å²) >= 11 is 1.77. The number of hydrogen-bond acceptors (Lipinski definition) is 3. The van der Waals surface area contributed by atoms with Crippen LogP contribution in [0.1, 0.15) is 12.5 Å². The summed E-state index contributed by atoms with van der Waals surface area (Å²) in [5.41, 5.74) is 1.26. The summed E-state index contributed by atoms with van der Waals surface area (Å²) in [6.07, 6.45) is 0.881. The Hall–Kier alpha value is -1.000. The van der Waals surface area contributed by atoms with Gasteiger partial charge in [-0.2, -0.15) is 0 Å². The molecule has 1 aromatic rings. The first kappa shape index (κ1) is 12.5.